The van der Waals surface area contributed by atoms with Gasteiger partial charge in [0.15, 0.2) is 0 Å². The van der Waals surface area contributed by atoms with Gasteiger partial charge < -0.3 is 14.2 Å². The Kier molecular flexibility index (Phi) is 6.62. The summed E-state index contributed by atoms with van der Waals surface area (Å²) in [5.41, 5.74) is 2.80. The number of aromatic nitrogens is 2. The molecule has 3 aromatic rings. The highest BCUT2D eigenvalue weighted by molar-refractivity contribution is 5.97. The fourth-order valence-electron chi connectivity index (χ4n) is 3.80. The van der Waals surface area contributed by atoms with Gasteiger partial charge in [0.1, 0.15) is 5.75 Å². The van der Waals surface area contributed by atoms with Crippen molar-refractivity contribution in [2.75, 3.05) is 39.8 Å². The van der Waals surface area contributed by atoms with Crippen molar-refractivity contribution in [3.63, 3.8) is 0 Å². The molecule has 1 aromatic heterocycles. The lowest BCUT2D eigenvalue weighted by Crippen LogP contribution is -2.48. The number of nitrogens with zero attached hydrogens (tertiary/aromatic N) is 4. The topological polar surface area (TPSA) is 71.7 Å². The minimum Gasteiger partial charge on any atom is -0.496 e. The predicted octanol–water partition coefficient (Wildman–Crippen LogP) is 3.44. The normalized spacial score (nSPS) is 14.6. The molecule has 0 spiro atoms. The molecular formula is C24H28N4O3. The van der Waals surface area contributed by atoms with Crippen molar-refractivity contribution in [3.8, 4) is 17.1 Å². The van der Waals surface area contributed by atoms with Crippen LogP contribution in [0.5, 0.6) is 5.75 Å². The van der Waals surface area contributed by atoms with E-state index in [9.17, 15) is 4.79 Å². The quantitative estimate of drug-likeness (QED) is 0.583. The van der Waals surface area contributed by atoms with E-state index in [0.717, 1.165) is 51.1 Å². The van der Waals surface area contributed by atoms with Crippen LogP contribution in [0.1, 0.15) is 28.2 Å². The maximum atomic E-state index is 12.8. The number of hydrogen-bond acceptors (Lipinski definition) is 6. The maximum absolute atomic E-state index is 12.8. The molecule has 31 heavy (non-hydrogen) atoms. The zero-order valence-electron chi connectivity index (χ0n) is 18.1. The fourth-order valence-corrected chi connectivity index (χ4v) is 3.80. The highest BCUT2D eigenvalue weighted by Gasteiger charge is 2.24. The molecule has 0 N–H and O–H groups in total. The van der Waals surface area contributed by atoms with Crippen LogP contribution in [0.4, 0.5) is 0 Å². The van der Waals surface area contributed by atoms with E-state index in [0.29, 0.717) is 23.0 Å². The Morgan fingerprint density at radius 2 is 1.81 bits per heavy atom. The average molecular weight is 421 g/mol. The Morgan fingerprint density at radius 3 is 2.55 bits per heavy atom. The second-order valence-corrected chi connectivity index (χ2v) is 7.82. The third-order valence-corrected chi connectivity index (χ3v) is 5.64. The smallest absolute Gasteiger partial charge is 0.257 e. The van der Waals surface area contributed by atoms with Gasteiger partial charge in [0.2, 0.25) is 11.7 Å². The fraction of sp³-hybridized carbons (Fsp3) is 0.375. The minimum absolute atomic E-state index is 0.0339. The number of carbonyl (C=O) groups is 1. The lowest BCUT2D eigenvalue weighted by molar-refractivity contribution is 0.0632. The Hall–Kier alpha value is -3.19. The third-order valence-electron chi connectivity index (χ3n) is 5.64. The van der Waals surface area contributed by atoms with Crippen LogP contribution < -0.4 is 4.74 Å². The van der Waals surface area contributed by atoms with E-state index in [2.05, 4.69) is 22.0 Å². The van der Waals surface area contributed by atoms with Gasteiger partial charge in [-0.15, -0.1) is 0 Å². The van der Waals surface area contributed by atoms with Crippen molar-refractivity contribution in [1.29, 1.82) is 0 Å². The van der Waals surface area contributed by atoms with E-state index in [1.165, 1.54) is 5.56 Å². The number of methoxy groups -OCH3 is 1. The first-order chi connectivity index (χ1) is 15.1. The zero-order valence-corrected chi connectivity index (χ0v) is 18.1. The Bertz CT molecular complexity index is 1010. The van der Waals surface area contributed by atoms with Crippen molar-refractivity contribution >= 4 is 5.91 Å². The number of para-hydroxylation sites is 1. The number of amides is 1. The molecule has 0 saturated carbocycles. The van der Waals surface area contributed by atoms with E-state index in [-0.39, 0.29) is 5.91 Å². The van der Waals surface area contributed by atoms with Gasteiger partial charge >= 0.3 is 0 Å². The van der Waals surface area contributed by atoms with Crippen molar-refractivity contribution in [1.82, 2.24) is 19.9 Å². The summed E-state index contributed by atoms with van der Waals surface area (Å²) >= 11 is 0. The first-order valence-corrected chi connectivity index (χ1v) is 10.7. The number of benzene rings is 2. The van der Waals surface area contributed by atoms with E-state index in [4.69, 9.17) is 9.26 Å². The Labute approximate surface area is 182 Å². The first kappa shape index (κ1) is 21.1. The van der Waals surface area contributed by atoms with E-state index >= 15 is 0 Å². The summed E-state index contributed by atoms with van der Waals surface area (Å²) in [5.74, 6) is 1.96. The van der Waals surface area contributed by atoms with Gasteiger partial charge in [0.05, 0.1) is 12.7 Å². The molecular weight excluding hydrogens is 392 g/mol. The Morgan fingerprint density at radius 1 is 1.06 bits per heavy atom. The van der Waals surface area contributed by atoms with Crippen LogP contribution in [0.15, 0.2) is 53.1 Å². The molecule has 0 aliphatic carbocycles. The van der Waals surface area contributed by atoms with Gasteiger partial charge in [-0.2, -0.15) is 4.98 Å². The summed E-state index contributed by atoms with van der Waals surface area (Å²) in [6.45, 7) is 6.15. The van der Waals surface area contributed by atoms with Crippen LogP contribution in [0.2, 0.25) is 0 Å². The average Bonchev–Trinajstić information content (AvgIpc) is 3.28. The van der Waals surface area contributed by atoms with Crippen LogP contribution >= 0.6 is 0 Å². The SMILES string of the molecule is COc1ccccc1C(=O)N1CCN(CCCc2nc(-c3ccc(C)cc3)no2)CC1. The Balaban J connectivity index is 1.23. The molecule has 0 radical (unpaired) electrons. The van der Waals surface area contributed by atoms with Gasteiger partial charge in [-0.1, -0.05) is 47.1 Å². The number of carbonyl (C=O) groups excluding carboxylic acids is 1. The summed E-state index contributed by atoms with van der Waals surface area (Å²) < 4.78 is 10.7. The number of piperazine rings is 1. The highest BCUT2D eigenvalue weighted by atomic mass is 16.5. The lowest BCUT2D eigenvalue weighted by atomic mass is 10.1. The summed E-state index contributed by atoms with van der Waals surface area (Å²) in [5, 5.41) is 4.10. The molecule has 7 heteroatoms. The zero-order chi connectivity index (χ0) is 21.6. The van der Waals surface area contributed by atoms with Gasteiger partial charge in [-0.05, 0) is 32.0 Å². The molecule has 0 unspecified atom stereocenters. The van der Waals surface area contributed by atoms with E-state index < -0.39 is 0 Å². The van der Waals surface area contributed by atoms with Crippen LogP contribution in [-0.4, -0.2) is 65.7 Å². The highest BCUT2D eigenvalue weighted by Crippen LogP contribution is 2.20. The molecule has 2 heterocycles. The van der Waals surface area contributed by atoms with Gasteiger partial charge in [-0.25, -0.2) is 0 Å². The standard InChI is InChI=1S/C24H28N4O3/c1-18-9-11-19(12-10-18)23-25-22(31-26-23)8-5-13-27-14-16-28(17-15-27)24(29)20-6-3-4-7-21(20)30-2/h3-4,6-7,9-12H,5,8,13-17H2,1-2H3. The number of hydrogen-bond donors (Lipinski definition) is 0. The molecule has 1 saturated heterocycles. The molecule has 1 amide bonds. The molecule has 1 aliphatic heterocycles. The van der Waals surface area contributed by atoms with E-state index in [1.54, 1.807) is 7.11 Å². The number of aryl methyl sites for hydroxylation is 2. The van der Waals surface area contributed by atoms with Crippen LogP contribution in [0, 0.1) is 6.92 Å². The molecule has 0 bridgehead atoms. The van der Waals surface area contributed by atoms with Gasteiger partial charge in [-0.3, -0.25) is 9.69 Å². The summed E-state index contributed by atoms with van der Waals surface area (Å²) in [4.78, 5) is 21.6. The maximum Gasteiger partial charge on any atom is 0.257 e. The van der Waals surface area contributed by atoms with Crippen molar-refractivity contribution in [2.45, 2.75) is 19.8 Å². The summed E-state index contributed by atoms with van der Waals surface area (Å²) in [6, 6.07) is 15.5. The van der Waals surface area contributed by atoms with Crippen LogP contribution in [0.25, 0.3) is 11.4 Å². The second kappa shape index (κ2) is 9.75. The van der Waals surface area contributed by atoms with Gasteiger partial charge in [0.25, 0.3) is 5.91 Å². The summed E-state index contributed by atoms with van der Waals surface area (Å²) in [6.07, 6.45) is 1.69. The minimum atomic E-state index is 0.0339. The molecule has 1 aliphatic rings. The monoisotopic (exact) mass is 420 g/mol. The second-order valence-electron chi connectivity index (χ2n) is 7.82. The van der Waals surface area contributed by atoms with Crippen molar-refractivity contribution in [3.05, 3.63) is 65.5 Å². The molecule has 4 rings (SSSR count). The van der Waals surface area contributed by atoms with Gasteiger partial charge in [0, 0.05) is 38.2 Å². The largest absolute Gasteiger partial charge is 0.496 e. The molecule has 7 nitrogen and oxygen atoms in total. The number of rotatable bonds is 7. The molecule has 1 fully saturated rings. The third kappa shape index (κ3) is 5.11. The first-order valence-electron chi connectivity index (χ1n) is 10.7. The number of ether oxygens (including phenoxy) is 1. The van der Waals surface area contributed by atoms with E-state index in [1.807, 2.05) is 53.4 Å². The summed E-state index contributed by atoms with van der Waals surface area (Å²) in [7, 11) is 1.59. The van der Waals surface area contributed by atoms with Crippen molar-refractivity contribution < 1.29 is 14.1 Å². The van der Waals surface area contributed by atoms with Crippen LogP contribution in [0.3, 0.4) is 0 Å². The lowest BCUT2D eigenvalue weighted by Gasteiger charge is -2.34. The molecule has 162 valence electrons. The van der Waals surface area contributed by atoms with Crippen molar-refractivity contribution in [2.24, 2.45) is 0 Å². The molecule has 0 atom stereocenters. The molecule has 2 aromatic carbocycles. The van der Waals surface area contributed by atoms with Crippen LogP contribution in [-0.2, 0) is 6.42 Å². The predicted molar refractivity (Wildman–Crippen MR) is 118 cm³/mol.